The lowest BCUT2D eigenvalue weighted by Gasteiger charge is -2.13. The van der Waals surface area contributed by atoms with E-state index in [0.29, 0.717) is 16.9 Å². The van der Waals surface area contributed by atoms with Gasteiger partial charge in [-0.15, -0.1) is 0 Å². The third-order valence-corrected chi connectivity index (χ3v) is 4.55. The number of imidazole rings is 1. The summed E-state index contributed by atoms with van der Waals surface area (Å²) in [6.45, 7) is 0. The van der Waals surface area contributed by atoms with Crippen molar-refractivity contribution in [1.82, 2.24) is 9.97 Å². The van der Waals surface area contributed by atoms with E-state index >= 15 is 0 Å². The number of aromatic amines is 1. The molecule has 0 atom stereocenters. The van der Waals surface area contributed by atoms with Crippen LogP contribution in [0.15, 0.2) is 42.5 Å². The molecule has 0 spiro atoms. The Labute approximate surface area is 171 Å². The van der Waals surface area contributed by atoms with Gasteiger partial charge in [0.1, 0.15) is 17.1 Å². The average Bonchev–Trinajstić information content (AvgIpc) is 3.21. The molecule has 2 N–H and O–H groups in total. The number of nitrogens with zero attached hydrogens (tertiary/aromatic N) is 1. The topological polar surface area (TPSA) is 67.0 Å². The fraction of sp³-hybridized carbons (Fsp3) is 0.0476. The fourth-order valence-corrected chi connectivity index (χ4v) is 3.03. The number of para-hydroxylation sites is 2. The minimum Gasteiger partial charge on any atom is -0.495 e. The van der Waals surface area contributed by atoms with Crippen molar-refractivity contribution in [2.75, 3.05) is 12.4 Å². The third-order valence-electron chi connectivity index (χ3n) is 4.55. The van der Waals surface area contributed by atoms with Crippen molar-refractivity contribution in [2.45, 2.75) is 0 Å². The quantitative estimate of drug-likeness (QED) is 0.265. The van der Waals surface area contributed by atoms with Gasteiger partial charge in [0.15, 0.2) is 23.3 Å². The van der Waals surface area contributed by atoms with Crippen molar-refractivity contribution in [3.8, 4) is 17.1 Å². The first-order valence-corrected chi connectivity index (χ1v) is 8.77. The smallest absolute Gasteiger partial charge is 0.261 e. The number of H-pyrrole nitrogens is 1. The highest BCUT2D eigenvalue weighted by Gasteiger charge is 2.30. The van der Waals surface area contributed by atoms with Crippen LogP contribution in [0, 0.1) is 29.1 Å². The molecule has 0 fully saturated rings. The number of anilines is 1. The molecule has 0 bridgehead atoms. The minimum atomic E-state index is -2.35. The zero-order valence-electron chi connectivity index (χ0n) is 15.7. The maximum absolute atomic E-state index is 14.0. The number of rotatable bonds is 4. The van der Waals surface area contributed by atoms with Crippen molar-refractivity contribution in [3.05, 3.63) is 77.1 Å². The summed E-state index contributed by atoms with van der Waals surface area (Å²) < 4.78 is 73.2. The lowest BCUT2D eigenvalue weighted by atomic mass is 10.1. The molecular weight excluding hydrogens is 421 g/mol. The highest BCUT2D eigenvalue weighted by Crippen LogP contribution is 2.32. The lowest BCUT2D eigenvalue weighted by Crippen LogP contribution is -2.19. The van der Waals surface area contributed by atoms with E-state index in [1.165, 1.54) is 19.2 Å². The van der Waals surface area contributed by atoms with Crippen LogP contribution in [0.4, 0.5) is 27.6 Å². The number of carbonyl (C=O) groups is 1. The Morgan fingerprint density at radius 3 is 2.23 bits per heavy atom. The van der Waals surface area contributed by atoms with Crippen molar-refractivity contribution in [1.29, 1.82) is 0 Å². The van der Waals surface area contributed by atoms with Gasteiger partial charge in [0, 0.05) is 5.56 Å². The van der Waals surface area contributed by atoms with Crippen molar-refractivity contribution < 1.29 is 31.5 Å². The van der Waals surface area contributed by atoms with E-state index in [2.05, 4.69) is 15.3 Å². The molecule has 5 nitrogen and oxygen atoms in total. The Morgan fingerprint density at radius 2 is 1.58 bits per heavy atom. The Morgan fingerprint density at radius 1 is 0.935 bits per heavy atom. The van der Waals surface area contributed by atoms with Crippen LogP contribution in [-0.2, 0) is 0 Å². The highest BCUT2D eigenvalue weighted by molar-refractivity contribution is 6.05. The summed E-state index contributed by atoms with van der Waals surface area (Å²) >= 11 is 0. The second-order valence-corrected chi connectivity index (χ2v) is 6.42. The lowest BCUT2D eigenvalue weighted by molar-refractivity contribution is 0.101. The summed E-state index contributed by atoms with van der Waals surface area (Å²) in [5.41, 5.74) is 0.243. The summed E-state index contributed by atoms with van der Waals surface area (Å²) in [4.78, 5) is 19.9. The van der Waals surface area contributed by atoms with Crippen LogP contribution in [0.25, 0.3) is 22.4 Å². The number of aromatic nitrogens is 2. The molecule has 0 aliphatic heterocycles. The molecule has 158 valence electrons. The van der Waals surface area contributed by atoms with E-state index in [-0.39, 0.29) is 11.4 Å². The summed E-state index contributed by atoms with van der Waals surface area (Å²) in [5, 5.41) is 2.14. The second kappa shape index (κ2) is 7.71. The number of halogens is 5. The summed E-state index contributed by atoms with van der Waals surface area (Å²) in [6, 6.07) is 11.7. The van der Waals surface area contributed by atoms with Gasteiger partial charge in [0.2, 0.25) is 5.82 Å². The van der Waals surface area contributed by atoms with E-state index in [9.17, 15) is 26.7 Å². The van der Waals surface area contributed by atoms with Gasteiger partial charge < -0.3 is 15.0 Å². The van der Waals surface area contributed by atoms with Crippen LogP contribution in [0.3, 0.4) is 0 Å². The molecule has 0 unspecified atom stereocenters. The molecule has 0 saturated heterocycles. The molecule has 0 radical (unpaired) electrons. The van der Waals surface area contributed by atoms with Gasteiger partial charge in [-0.3, -0.25) is 4.79 Å². The second-order valence-electron chi connectivity index (χ2n) is 6.42. The van der Waals surface area contributed by atoms with Gasteiger partial charge in [0.05, 0.1) is 23.8 Å². The average molecular weight is 433 g/mol. The fourth-order valence-electron chi connectivity index (χ4n) is 3.03. The normalized spacial score (nSPS) is 11.0. The van der Waals surface area contributed by atoms with Gasteiger partial charge in [-0.1, -0.05) is 12.1 Å². The monoisotopic (exact) mass is 433 g/mol. The third kappa shape index (κ3) is 3.45. The number of methoxy groups -OCH3 is 1. The number of benzene rings is 3. The number of hydrogen-bond donors (Lipinski definition) is 2. The number of hydrogen-bond acceptors (Lipinski definition) is 3. The van der Waals surface area contributed by atoms with E-state index in [1.54, 1.807) is 24.3 Å². The summed E-state index contributed by atoms with van der Waals surface area (Å²) in [6.07, 6.45) is 0. The number of fused-ring (bicyclic) bond motifs is 1. The molecule has 0 saturated carbocycles. The maximum atomic E-state index is 14.0. The van der Waals surface area contributed by atoms with Gasteiger partial charge in [-0.2, -0.15) is 0 Å². The zero-order chi connectivity index (χ0) is 22.3. The van der Waals surface area contributed by atoms with Crippen LogP contribution in [0.5, 0.6) is 5.75 Å². The van der Waals surface area contributed by atoms with Crippen molar-refractivity contribution >= 4 is 22.6 Å². The molecule has 31 heavy (non-hydrogen) atoms. The molecule has 0 aliphatic rings. The van der Waals surface area contributed by atoms with Crippen molar-refractivity contribution in [2.24, 2.45) is 0 Å². The van der Waals surface area contributed by atoms with Gasteiger partial charge in [-0.25, -0.2) is 26.9 Å². The number of nitrogens with one attached hydrogen (secondary N) is 2. The summed E-state index contributed by atoms with van der Waals surface area (Å²) in [7, 11) is 1.28. The molecule has 3 aromatic carbocycles. The minimum absolute atomic E-state index is 0.0607. The predicted octanol–water partition coefficient (Wildman–Crippen LogP) is 5.19. The van der Waals surface area contributed by atoms with Gasteiger partial charge in [0.25, 0.3) is 5.91 Å². The highest BCUT2D eigenvalue weighted by atomic mass is 19.2. The Kier molecular flexibility index (Phi) is 5.05. The molecule has 1 aromatic heterocycles. The van der Waals surface area contributed by atoms with Crippen LogP contribution in [0.1, 0.15) is 10.4 Å². The molecule has 4 rings (SSSR count). The Bertz CT molecular complexity index is 1270. The van der Waals surface area contributed by atoms with E-state index in [1.807, 2.05) is 6.07 Å². The molecule has 1 heterocycles. The first-order chi connectivity index (χ1) is 14.8. The van der Waals surface area contributed by atoms with E-state index < -0.39 is 40.6 Å². The molecule has 10 heteroatoms. The largest absolute Gasteiger partial charge is 0.495 e. The first kappa shape index (κ1) is 20.3. The van der Waals surface area contributed by atoms with E-state index in [4.69, 9.17) is 4.74 Å². The van der Waals surface area contributed by atoms with Gasteiger partial charge >= 0.3 is 0 Å². The molecular formula is C21H12F5N3O2. The SMILES string of the molecule is COc1ccc(-c2nc3ccccc3[nH]2)cc1NC(=O)c1c(F)c(F)c(F)c(F)c1F. The Balaban J connectivity index is 1.75. The molecule has 4 aromatic rings. The van der Waals surface area contributed by atoms with Crippen LogP contribution >= 0.6 is 0 Å². The van der Waals surface area contributed by atoms with Gasteiger partial charge in [-0.05, 0) is 30.3 Å². The predicted molar refractivity (Wildman–Crippen MR) is 102 cm³/mol. The molecule has 0 aliphatic carbocycles. The Hall–Kier alpha value is -3.95. The maximum Gasteiger partial charge on any atom is 0.261 e. The van der Waals surface area contributed by atoms with Crippen LogP contribution in [0.2, 0.25) is 0 Å². The zero-order valence-corrected chi connectivity index (χ0v) is 15.7. The van der Waals surface area contributed by atoms with Crippen molar-refractivity contribution in [3.63, 3.8) is 0 Å². The van der Waals surface area contributed by atoms with E-state index in [0.717, 1.165) is 5.52 Å². The number of carbonyl (C=O) groups excluding carboxylic acids is 1. The summed E-state index contributed by atoms with van der Waals surface area (Å²) in [5.74, 6) is -12.3. The molecule has 1 amide bonds. The standard InChI is InChI=1S/C21H12F5N3O2/c1-31-13-7-6-9(20-27-10-4-2-3-5-11(10)28-20)8-12(13)29-21(30)14-15(22)17(24)19(26)18(25)16(14)23/h2-8H,1H3,(H,27,28)(H,29,30). The first-order valence-electron chi connectivity index (χ1n) is 8.77. The number of amides is 1. The number of ether oxygens (including phenoxy) is 1. The van der Waals surface area contributed by atoms with Crippen LogP contribution < -0.4 is 10.1 Å². The van der Waals surface area contributed by atoms with Crippen LogP contribution in [-0.4, -0.2) is 23.0 Å².